The minimum Gasteiger partial charge on any atom is -0.481 e. The molecule has 1 aromatic carbocycles. The molecule has 1 saturated heterocycles. The number of benzene rings is 1. The van der Waals surface area contributed by atoms with E-state index in [2.05, 4.69) is 5.32 Å². The Hall–Kier alpha value is -2.85. The molecular weight excluding hydrogens is 371 g/mol. The first-order valence-corrected chi connectivity index (χ1v) is 8.19. The number of carbonyl (C=O) groups is 2. The Morgan fingerprint density at radius 1 is 1.37 bits per heavy atom. The fourth-order valence-electron chi connectivity index (χ4n) is 2.88. The van der Waals surface area contributed by atoms with Gasteiger partial charge >= 0.3 is 12.1 Å². The third-order valence-electron chi connectivity index (χ3n) is 4.30. The molecule has 1 fully saturated rings. The lowest BCUT2D eigenvalue weighted by Crippen LogP contribution is -2.42. The van der Waals surface area contributed by atoms with Crippen LogP contribution >= 0.6 is 0 Å². The number of likely N-dealkylation sites (tertiary alicyclic amines) is 1. The fraction of sp³-hybridized carbons (Fsp3) is 0.500. The molecule has 148 valence electrons. The molecule has 1 amide bonds. The first kappa shape index (κ1) is 20.5. The number of carboxylic acids is 1. The summed E-state index contributed by atoms with van der Waals surface area (Å²) in [5.74, 6) is -1.90. The van der Waals surface area contributed by atoms with E-state index < -0.39 is 34.2 Å². The number of hydrogen-bond donors (Lipinski definition) is 2. The van der Waals surface area contributed by atoms with Gasteiger partial charge in [-0.1, -0.05) is 0 Å². The molecule has 0 bridgehead atoms. The van der Waals surface area contributed by atoms with Crippen LogP contribution in [0.4, 0.5) is 24.5 Å². The van der Waals surface area contributed by atoms with Gasteiger partial charge in [-0.15, -0.1) is 0 Å². The number of hydrogen-bond acceptors (Lipinski definition) is 5. The lowest BCUT2D eigenvalue weighted by molar-refractivity contribution is -0.384. The minimum absolute atomic E-state index is 0.0285. The molecule has 11 heteroatoms. The van der Waals surface area contributed by atoms with Gasteiger partial charge in [-0.2, -0.15) is 13.2 Å². The third kappa shape index (κ3) is 5.31. The minimum atomic E-state index is -4.70. The van der Waals surface area contributed by atoms with E-state index in [1.165, 1.54) is 4.90 Å². The number of alkyl halides is 3. The Labute approximate surface area is 152 Å². The molecule has 0 unspecified atom stereocenters. The number of anilines is 1. The Kier molecular flexibility index (Phi) is 6.24. The van der Waals surface area contributed by atoms with E-state index in [1.807, 2.05) is 0 Å². The Morgan fingerprint density at radius 3 is 2.67 bits per heavy atom. The molecule has 1 aliphatic heterocycles. The third-order valence-corrected chi connectivity index (χ3v) is 4.30. The number of nitro benzene ring substituents is 1. The zero-order chi connectivity index (χ0) is 20.2. The highest BCUT2D eigenvalue weighted by Gasteiger charge is 2.33. The Morgan fingerprint density at radius 2 is 2.07 bits per heavy atom. The van der Waals surface area contributed by atoms with Gasteiger partial charge < -0.3 is 15.3 Å². The largest absolute Gasteiger partial charge is 0.481 e. The SMILES string of the molecule is O=C(O)[C@H]1CCCN(C(=O)CCNc2ccc(C(F)(F)F)cc2[N+](=O)[O-])C1. The zero-order valence-electron chi connectivity index (χ0n) is 14.2. The molecule has 0 aromatic heterocycles. The Balaban J connectivity index is 1.97. The smallest absolute Gasteiger partial charge is 0.416 e. The molecule has 27 heavy (non-hydrogen) atoms. The molecule has 2 N–H and O–H groups in total. The highest BCUT2D eigenvalue weighted by atomic mass is 19.4. The van der Waals surface area contributed by atoms with Crippen LogP contribution in [0.2, 0.25) is 0 Å². The van der Waals surface area contributed by atoms with Crippen molar-refractivity contribution in [3.05, 3.63) is 33.9 Å². The second kappa shape index (κ2) is 8.23. The number of nitrogens with one attached hydrogen (secondary N) is 1. The van der Waals surface area contributed by atoms with E-state index in [0.717, 1.165) is 12.1 Å². The molecule has 1 aromatic rings. The van der Waals surface area contributed by atoms with Crippen molar-refractivity contribution < 1.29 is 32.8 Å². The van der Waals surface area contributed by atoms with Gasteiger partial charge in [0.15, 0.2) is 0 Å². The summed E-state index contributed by atoms with van der Waals surface area (Å²) in [5.41, 5.74) is -1.99. The first-order chi connectivity index (χ1) is 12.6. The summed E-state index contributed by atoms with van der Waals surface area (Å²) in [4.78, 5) is 34.7. The molecule has 1 heterocycles. The lowest BCUT2D eigenvalue weighted by atomic mass is 9.98. The molecule has 1 aliphatic rings. The van der Waals surface area contributed by atoms with Crippen LogP contribution in [-0.4, -0.2) is 46.4 Å². The van der Waals surface area contributed by atoms with Crippen molar-refractivity contribution in [1.29, 1.82) is 0 Å². The van der Waals surface area contributed by atoms with Crippen molar-refractivity contribution in [2.24, 2.45) is 5.92 Å². The van der Waals surface area contributed by atoms with Gasteiger partial charge in [-0.25, -0.2) is 0 Å². The second-order valence-electron chi connectivity index (χ2n) is 6.18. The second-order valence-corrected chi connectivity index (χ2v) is 6.18. The molecule has 0 aliphatic carbocycles. The summed E-state index contributed by atoms with van der Waals surface area (Å²) >= 11 is 0. The predicted molar refractivity (Wildman–Crippen MR) is 88.1 cm³/mol. The number of halogens is 3. The van der Waals surface area contributed by atoms with E-state index >= 15 is 0 Å². The van der Waals surface area contributed by atoms with E-state index in [0.29, 0.717) is 25.5 Å². The number of piperidine rings is 1. The summed E-state index contributed by atoms with van der Waals surface area (Å²) in [6.07, 6.45) is -3.70. The van der Waals surface area contributed by atoms with Crippen LogP contribution in [0.1, 0.15) is 24.8 Å². The lowest BCUT2D eigenvalue weighted by Gasteiger charge is -2.30. The van der Waals surface area contributed by atoms with Crippen molar-refractivity contribution in [2.75, 3.05) is 25.0 Å². The quantitative estimate of drug-likeness (QED) is 0.571. The van der Waals surface area contributed by atoms with Crippen molar-refractivity contribution in [2.45, 2.75) is 25.4 Å². The number of amides is 1. The van der Waals surface area contributed by atoms with E-state index in [-0.39, 0.29) is 31.1 Å². The summed E-state index contributed by atoms with van der Waals surface area (Å²) in [6.45, 7) is 0.511. The normalized spacial score (nSPS) is 17.4. The van der Waals surface area contributed by atoms with Crippen molar-refractivity contribution in [3.63, 3.8) is 0 Å². The van der Waals surface area contributed by atoms with Crippen molar-refractivity contribution in [1.82, 2.24) is 4.90 Å². The number of nitro groups is 1. The summed E-state index contributed by atoms with van der Waals surface area (Å²) in [6, 6.07) is 2.11. The van der Waals surface area contributed by atoms with Crippen LogP contribution in [0.3, 0.4) is 0 Å². The molecule has 0 saturated carbocycles. The Bertz CT molecular complexity index is 739. The summed E-state index contributed by atoms with van der Waals surface area (Å²) < 4.78 is 38.0. The monoisotopic (exact) mass is 389 g/mol. The van der Waals surface area contributed by atoms with Gasteiger partial charge in [0.2, 0.25) is 5.91 Å². The fourth-order valence-corrected chi connectivity index (χ4v) is 2.88. The van der Waals surface area contributed by atoms with Gasteiger partial charge in [0.05, 0.1) is 16.4 Å². The predicted octanol–water partition coefficient (Wildman–Crippen LogP) is 2.74. The molecule has 2 rings (SSSR count). The van der Waals surface area contributed by atoms with Crippen LogP contribution in [0.5, 0.6) is 0 Å². The number of carboxylic acid groups (broad SMARTS) is 1. The first-order valence-electron chi connectivity index (χ1n) is 8.19. The molecule has 8 nitrogen and oxygen atoms in total. The zero-order valence-corrected chi connectivity index (χ0v) is 14.2. The average Bonchev–Trinajstić information content (AvgIpc) is 2.60. The molecular formula is C16H18F3N3O5. The van der Waals surface area contributed by atoms with Gasteiger partial charge in [-0.3, -0.25) is 19.7 Å². The van der Waals surface area contributed by atoms with Crippen molar-refractivity contribution in [3.8, 4) is 0 Å². The number of aliphatic carboxylic acids is 1. The van der Waals surface area contributed by atoms with E-state index in [4.69, 9.17) is 5.11 Å². The van der Waals surface area contributed by atoms with E-state index in [1.54, 1.807) is 0 Å². The van der Waals surface area contributed by atoms with E-state index in [9.17, 15) is 32.9 Å². The maximum absolute atomic E-state index is 12.7. The average molecular weight is 389 g/mol. The van der Waals surface area contributed by atoms with Crippen LogP contribution in [0, 0.1) is 16.0 Å². The van der Waals surface area contributed by atoms with Gasteiger partial charge in [0, 0.05) is 32.1 Å². The van der Waals surface area contributed by atoms with Gasteiger partial charge in [0.1, 0.15) is 5.69 Å². The maximum Gasteiger partial charge on any atom is 0.416 e. The number of carbonyl (C=O) groups excluding carboxylic acids is 1. The van der Waals surface area contributed by atoms with Crippen LogP contribution in [-0.2, 0) is 15.8 Å². The highest BCUT2D eigenvalue weighted by molar-refractivity contribution is 5.78. The maximum atomic E-state index is 12.7. The number of nitrogens with zero attached hydrogens (tertiary/aromatic N) is 2. The summed E-state index contributed by atoms with van der Waals surface area (Å²) in [5, 5.41) is 22.6. The van der Waals surface area contributed by atoms with Crippen molar-refractivity contribution >= 4 is 23.3 Å². The standard InChI is InChI=1S/C16H18F3N3O5/c17-16(18,19)11-3-4-12(13(8-11)22(26)27)20-6-5-14(23)21-7-1-2-10(9-21)15(24)25/h3-4,8,10,20H,1-2,5-7,9H2,(H,24,25)/t10-/m0/s1. The highest BCUT2D eigenvalue weighted by Crippen LogP contribution is 2.34. The van der Waals surface area contributed by atoms with Crippen LogP contribution < -0.4 is 5.32 Å². The van der Waals surface area contributed by atoms with Crippen LogP contribution in [0.15, 0.2) is 18.2 Å². The topological polar surface area (TPSA) is 113 Å². The van der Waals surface area contributed by atoms with Crippen LogP contribution in [0.25, 0.3) is 0 Å². The number of rotatable bonds is 6. The van der Waals surface area contributed by atoms with Gasteiger partial charge in [0.25, 0.3) is 5.69 Å². The molecule has 1 atom stereocenters. The summed E-state index contributed by atoms with van der Waals surface area (Å²) in [7, 11) is 0. The molecule has 0 spiro atoms. The van der Waals surface area contributed by atoms with Gasteiger partial charge in [-0.05, 0) is 25.0 Å². The molecule has 0 radical (unpaired) electrons.